The van der Waals surface area contributed by atoms with Crippen molar-refractivity contribution in [1.29, 1.82) is 4.78 Å². The minimum atomic E-state index is -1.04. The molecule has 25 heavy (non-hydrogen) atoms. The Balaban J connectivity index is 1.91. The highest BCUT2D eigenvalue weighted by Gasteiger charge is 2.26. The van der Waals surface area contributed by atoms with E-state index in [1.165, 1.54) is 6.07 Å². The number of aryl methyl sites for hydroxylation is 1. The van der Waals surface area contributed by atoms with E-state index in [2.05, 4.69) is 10.0 Å². The zero-order valence-corrected chi connectivity index (χ0v) is 14.3. The molecule has 3 rings (SSSR count). The number of nitrogens with one attached hydrogen (secondary N) is 3. The number of hydrogen-bond donors (Lipinski definition) is 4. The molecule has 0 saturated heterocycles. The Morgan fingerprint density at radius 2 is 2.24 bits per heavy atom. The van der Waals surface area contributed by atoms with E-state index in [0.717, 1.165) is 17.7 Å². The summed E-state index contributed by atoms with van der Waals surface area (Å²) in [7, 11) is 0.662. The van der Waals surface area contributed by atoms with E-state index in [4.69, 9.17) is 4.78 Å². The van der Waals surface area contributed by atoms with Gasteiger partial charge in [0, 0.05) is 31.0 Å². The van der Waals surface area contributed by atoms with Gasteiger partial charge in [-0.2, -0.15) is 0 Å². The van der Waals surface area contributed by atoms with E-state index in [9.17, 15) is 18.7 Å². The van der Waals surface area contributed by atoms with Gasteiger partial charge >= 0.3 is 0 Å². The minimum Gasteiger partial charge on any atom is -0.395 e. The average Bonchev–Trinajstić information content (AvgIpc) is 2.83. The van der Waals surface area contributed by atoms with Crippen molar-refractivity contribution >= 4 is 22.5 Å². The number of aromatic nitrogens is 1. The number of anilines is 1. The summed E-state index contributed by atoms with van der Waals surface area (Å²) in [4.78, 5) is 13.4. The van der Waals surface area contributed by atoms with Gasteiger partial charge in [-0.1, -0.05) is 0 Å². The highest BCUT2D eigenvalue weighted by Crippen LogP contribution is 2.26. The van der Waals surface area contributed by atoms with Crippen LogP contribution in [0.25, 0.3) is 0 Å². The van der Waals surface area contributed by atoms with Crippen LogP contribution in [0.15, 0.2) is 29.3 Å². The summed E-state index contributed by atoms with van der Waals surface area (Å²) in [6, 6.07) is 2.97. The number of fused-ring (bicyclic) bond motifs is 1. The Morgan fingerprint density at radius 1 is 1.48 bits per heavy atom. The van der Waals surface area contributed by atoms with Gasteiger partial charge in [0.2, 0.25) is 0 Å². The first-order valence-electron chi connectivity index (χ1n) is 7.68. The van der Waals surface area contributed by atoms with Crippen molar-refractivity contribution in [2.75, 3.05) is 11.9 Å². The summed E-state index contributed by atoms with van der Waals surface area (Å²) in [6.07, 6.45) is 2.86. The van der Waals surface area contributed by atoms with Crippen LogP contribution in [-0.4, -0.2) is 28.2 Å². The third-order valence-corrected chi connectivity index (χ3v) is 5.47. The Morgan fingerprint density at radius 3 is 2.92 bits per heavy atom. The lowest BCUT2D eigenvalue weighted by atomic mass is 10.1. The van der Waals surface area contributed by atoms with Crippen LogP contribution in [0.2, 0.25) is 0 Å². The summed E-state index contributed by atoms with van der Waals surface area (Å²) >= 11 is 0. The quantitative estimate of drug-likeness (QED) is 0.669. The van der Waals surface area contributed by atoms with Crippen LogP contribution in [0.5, 0.6) is 0 Å². The van der Waals surface area contributed by atoms with E-state index >= 15 is 0 Å². The number of rotatable bonds is 3. The summed E-state index contributed by atoms with van der Waals surface area (Å²) < 4.78 is 39.2. The Labute approximate surface area is 145 Å². The summed E-state index contributed by atoms with van der Waals surface area (Å²) in [5.41, 5.74) is 1.28. The molecule has 0 spiro atoms. The highest BCUT2D eigenvalue weighted by atomic mass is 32.2. The van der Waals surface area contributed by atoms with Crippen molar-refractivity contribution in [2.24, 2.45) is 7.05 Å². The van der Waals surface area contributed by atoms with Crippen molar-refractivity contribution < 1.29 is 18.7 Å². The van der Waals surface area contributed by atoms with Crippen LogP contribution in [0.4, 0.5) is 14.5 Å². The maximum atomic E-state index is 13.3. The number of aliphatic hydroxyl groups excluding tert-OH is 1. The molecule has 134 valence electrons. The topological polar surface area (TPSA) is 90.1 Å². The second-order valence-corrected chi connectivity index (χ2v) is 7.14. The zero-order valence-electron chi connectivity index (χ0n) is 13.5. The van der Waals surface area contributed by atoms with Crippen LogP contribution in [-0.2, 0) is 24.3 Å². The number of hydrogen-bond acceptors (Lipinski definition) is 3. The minimum absolute atomic E-state index is 0.0742. The standard InChI is InChI=1S/C16H18F2N4O2S/c1-22-7-14-11(4-2-10(8-23)21-25(14)19)15(22)16(24)20-9-3-5-12(17)13(18)6-9/h3,5-7,10,23H,2,4,8H2,1H3,(H2,19,21)(H,20,24). The molecule has 0 fully saturated rings. The molecule has 0 bridgehead atoms. The van der Waals surface area contributed by atoms with E-state index in [1.54, 1.807) is 17.8 Å². The summed E-state index contributed by atoms with van der Waals surface area (Å²) in [5, 5.41) is 11.9. The molecule has 2 aromatic rings. The van der Waals surface area contributed by atoms with Gasteiger partial charge in [-0.25, -0.2) is 13.5 Å². The number of halogens is 2. The van der Waals surface area contributed by atoms with Crippen LogP contribution in [0.1, 0.15) is 22.5 Å². The highest BCUT2D eigenvalue weighted by molar-refractivity contribution is 7.84. The number of benzene rings is 1. The van der Waals surface area contributed by atoms with Crippen molar-refractivity contribution in [1.82, 2.24) is 9.29 Å². The molecule has 6 nitrogen and oxygen atoms in total. The first-order chi connectivity index (χ1) is 11.9. The monoisotopic (exact) mass is 368 g/mol. The first kappa shape index (κ1) is 17.7. The van der Waals surface area contributed by atoms with Gasteiger partial charge in [0.15, 0.2) is 11.6 Å². The Hall–Kier alpha value is -2.10. The summed E-state index contributed by atoms with van der Waals surface area (Å²) in [6.45, 7) is -0.0742. The molecule has 9 heteroatoms. The molecule has 1 aromatic heterocycles. The van der Waals surface area contributed by atoms with Gasteiger partial charge in [0.05, 0.1) is 11.5 Å². The molecule has 0 aliphatic carbocycles. The van der Waals surface area contributed by atoms with Gasteiger partial charge in [-0.05, 0) is 41.4 Å². The van der Waals surface area contributed by atoms with Crippen molar-refractivity contribution in [3.8, 4) is 0 Å². The molecule has 1 aliphatic heterocycles. The van der Waals surface area contributed by atoms with Crippen LogP contribution >= 0.6 is 0 Å². The maximum Gasteiger partial charge on any atom is 0.272 e. The Kier molecular flexibility index (Phi) is 4.98. The fraction of sp³-hybridized carbons (Fsp3) is 0.312. The normalized spacial score (nSPS) is 20.0. The second-order valence-electron chi connectivity index (χ2n) is 5.86. The molecule has 2 atom stereocenters. The molecular weight excluding hydrogens is 350 g/mol. The van der Waals surface area contributed by atoms with Gasteiger partial charge in [0.1, 0.15) is 5.69 Å². The van der Waals surface area contributed by atoms with Gasteiger partial charge in [0.25, 0.3) is 5.91 Å². The fourth-order valence-corrected chi connectivity index (χ4v) is 4.22. The molecule has 1 amide bonds. The van der Waals surface area contributed by atoms with Crippen LogP contribution in [0.3, 0.4) is 0 Å². The van der Waals surface area contributed by atoms with Crippen molar-refractivity contribution in [3.63, 3.8) is 0 Å². The number of carbonyl (C=O) groups excluding carboxylic acids is 1. The predicted molar refractivity (Wildman–Crippen MR) is 90.4 cm³/mol. The molecule has 0 radical (unpaired) electrons. The third kappa shape index (κ3) is 3.48. The van der Waals surface area contributed by atoms with Gasteiger partial charge in [-0.3, -0.25) is 9.57 Å². The lowest BCUT2D eigenvalue weighted by Gasteiger charge is -2.13. The van der Waals surface area contributed by atoms with Crippen molar-refractivity contribution in [2.45, 2.75) is 23.8 Å². The number of amides is 1. The van der Waals surface area contributed by atoms with Gasteiger partial charge < -0.3 is 15.0 Å². The summed E-state index contributed by atoms with van der Waals surface area (Å²) in [5.74, 6) is -2.47. The fourth-order valence-electron chi connectivity index (χ4n) is 2.86. The smallest absolute Gasteiger partial charge is 0.272 e. The molecule has 2 heterocycles. The number of nitrogens with zero attached hydrogens (tertiary/aromatic N) is 1. The number of carbonyl (C=O) groups is 1. The lowest BCUT2D eigenvalue weighted by molar-refractivity contribution is 0.101. The number of aliphatic hydroxyl groups is 1. The van der Waals surface area contributed by atoms with Crippen molar-refractivity contribution in [3.05, 3.63) is 47.3 Å². The maximum absolute atomic E-state index is 13.3. The van der Waals surface area contributed by atoms with E-state index in [1.807, 2.05) is 0 Å². The average molecular weight is 368 g/mol. The Bertz CT molecular complexity index is 853. The van der Waals surface area contributed by atoms with Crippen LogP contribution in [0, 0.1) is 16.4 Å². The van der Waals surface area contributed by atoms with E-state index in [0.29, 0.717) is 23.4 Å². The molecule has 0 saturated carbocycles. The molecule has 4 N–H and O–H groups in total. The van der Waals surface area contributed by atoms with Crippen LogP contribution < -0.4 is 10.0 Å². The zero-order chi connectivity index (χ0) is 18.1. The molecular formula is C16H18F2N4O2S. The SMILES string of the molecule is Cn1cc2c(c1C(=O)Nc1ccc(F)c(F)c1)CCC(CO)NS2=N. The molecule has 2 unspecified atom stereocenters. The van der Waals surface area contributed by atoms with Gasteiger partial charge in [-0.15, -0.1) is 0 Å². The largest absolute Gasteiger partial charge is 0.395 e. The second kappa shape index (κ2) is 7.03. The first-order valence-corrected chi connectivity index (χ1v) is 8.90. The van der Waals surface area contributed by atoms with E-state index in [-0.39, 0.29) is 18.3 Å². The predicted octanol–water partition coefficient (Wildman–Crippen LogP) is 2.11. The lowest BCUT2D eigenvalue weighted by Crippen LogP contribution is -2.32. The third-order valence-electron chi connectivity index (χ3n) is 4.11. The van der Waals surface area contributed by atoms with E-state index < -0.39 is 28.4 Å². The molecule has 1 aliphatic rings. The molecule has 1 aromatic carbocycles.